The van der Waals surface area contributed by atoms with Crippen LogP contribution >= 0.6 is 0 Å². The minimum absolute atomic E-state index is 0.0242. The molecule has 3 amide bonds. The van der Waals surface area contributed by atoms with Crippen LogP contribution in [0.1, 0.15) is 57.4 Å². The van der Waals surface area contributed by atoms with Gasteiger partial charge in [0.05, 0.1) is 7.11 Å². The number of nitrogens with one attached hydrogen (secondary N) is 1. The van der Waals surface area contributed by atoms with Crippen molar-refractivity contribution in [3.63, 3.8) is 0 Å². The van der Waals surface area contributed by atoms with Gasteiger partial charge >= 0.3 is 6.03 Å². The van der Waals surface area contributed by atoms with Crippen LogP contribution in [-0.2, 0) is 11.3 Å². The Hall–Kier alpha value is -2.32. The second-order valence-corrected chi connectivity index (χ2v) is 10.2. The van der Waals surface area contributed by atoms with Crippen LogP contribution in [0.25, 0.3) is 0 Å². The van der Waals surface area contributed by atoms with Gasteiger partial charge < -0.3 is 20.1 Å². The number of hydrogen-bond donors (Lipinski definition) is 2. The van der Waals surface area contributed by atoms with Gasteiger partial charge in [0.1, 0.15) is 5.54 Å². The largest absolute Gasteiger partial charge is 0.504 e. The lowest BCUT2D eigenvalue weighted by Crippen LogP contribution is -2.56. The number of hydrogen-bond acceptors (Lipinski definition) is 6. The topological polar surface area (TPSA) is 85.3 Å². The van der Waals surface area contributed by atoms with Crippen LogP contribution in [0.5, 0.6) is 11.5 Å². The summed E-state index contributed by atoms with van der Waals surface area (Å²) in [6.07, 6.45) is 6.39. The van der Waals surface area contributed by atoms with E-state index in [0.29, 0.717) is 31.3 Å². The van der Waals surface area contributed by atoms with Gasteiger partial charge in [-0.2, -0.15) is 0 Å². The molecule has 3 saturated heterocycles. The van der Waals surface area contributed by atoms with Crippen molar-refractivity contribution in [2.75, 3.05) is 40.3 Å². The van der Waals surface area contributed by atoms with E-state index >= 15 is 0 Å². The molecule has 4 rings (SSSR count). The van der Waals surface area contributed by atoms with Crippen LogP contribution in [0.4, 0.5) is 4.79 Å². The third-order valence-corrected chi connectivity index (χ3v) is 8.18. The quantitative estimate of drug-likeness (QED) is 0.537. The predicted molar refractivity (Wildman–Crippen MR) is 131 cm³/mol. The van der Waals surface area contributed by atoms with Crippen molar-refractivity contribution in [1.82, 2.24) is 20.0 Å². The highest BCUT2D eigenvalue weighted by Gasteiger charge is 2.55. The monoisotopic (exact) mass is 472 g/mol. The molecule has 0 aliphatic carbocycles. The number of imide groups is 1. The maximum atomic E-state index is 13.7. The maximum absolute atomic E-state index is 13.7. The number of aromatic hydroxyl groups is 1. The molecule has 0 spiro atoms. The molecule has 8 heteroatoms. The fourth-order valence-corrected chi connectivity index (χ4v) is 6.20. The molecule has 0 unspecified atom stereocenters. The van der Waals surface area contributed by atoms with Gasteiger partial charge in [0, 0.05) is 24.7 Å². The molecule has 0 radical (unpaired) electrons. The number of methoxy groups -OCH3 is 1. The molecule has 3 aliphatic rings. The van der Waals surface area contributed by atoms with Gasteiger partial charge in [-0.1, -0.05) is 25.5 Å². The summed E-state index contributed by atoms with van der Waals surface area (Å²) in [6, 6.07) is 5.80. The molecule has 0 aromatic heterocycles. The van der Waals surface area contributed by atoms with Gasteiger partial charge in [0.2, 0.25) is 0 Å². The Morgan fingerprint density at radius 3 is 2.59 bits per heavy atom. The number of urea groups is 1. The Bertz CT molecular complexity index is 886. The zero-order valence-electron chi connectivity index (χ0n) is 20.9. The summed E-state index contributed by atoms with van der Waals surface area (Å²) in [6.45, 7) is 5.96. The van der Waals surface area contributed by atoms with Gasteiger partial charge in [-0.25, -0.2) is 4.79 Å². The zero-order chi connectivity index (χ0) is 24.3. The minimum atomic E-state index is -0.780. The van der Waals surface area contributed by atoms with Crippen LogP contribution in [0.3, 0.4) is 0 Å². The Morgan fingerprint density at radius 2 is 1.94 bits per heavy atom. The third kappa shape index (κ3) is 4.75. The first-order valence-electron chi connectivity index (χ1n) is 12.8. The summed E-state index contributed by atoms with van der Waals surface area (Å²) in [4.78, 5) is 32.7. The predicted octanol–water partition coefficient (Wildman–Crippen LogP) is 3.19. The lowest BCUT2D eigenvalue weighted by molar-refractivity contribution is -0.134. The molecule has 1 aromatic carbocycles. The van der Waals surface area contributed by atoms with Gasteiger partial charge in [-0.05, 0) is 77.2 Å². The molecule has 2 N–H and O–H groups in total. The average molecular weight is 473 g/mol. The highest BCUT2D eigenvalue weighted by Crippen LogP contribution is 2.38. The number of ether oxygens (including phenoxy) is 1. The van der Waals surface area contributed by atoms with Crippen molar-refractivity contribution in [3.05, 3.63) is 23.8 Å². The van der Waals surface area contributed by atoms with E-state index < -0.39 is 5.54 Å². The molecule has 34 heavy (non-hydrogen) atoms. The molecular weight excluding hydrogens is 432 g/mol. The fraction of sp³-hybridized carbons (Fsp3) is 0.692. The molecular formula is C26H40N4O4. The van der Waals surface area contributed by atoms with E-state index in [4.69, 9.17) is 4.74 Å². The molecule has 1 aromatic rings. The van der Waals surface area contributed by atoms with Crippen molar-refractivity contribution in [2.45, 2.75) is 70.0 Å². The van der Waals surface area contributed by atoms with E-state index in [1.165, 1.54) is 11.3 Å². The lowest BCUT2D eigenvalue weighted by atomic mass is 9.74. The number of carbonyl (C=O) groups is 2. The summed E-state index contributed by atoms with van der Waals surface area (Å²) in [5, 5.41) is 13.6. The minimum Gasteiger partial charge on any atom is -0.504 e. The Labute approximate surface area is 203 Å². The number of rotatable bonds is 9. The molecule has 2 atom stereocenters. The zero-order valence-corrected chi connectivity index (χ0v) is 20.9. The van der Waals surface area contributed by atoms with Crippen molar-refractivity contribution >= 4 is 11.9 Å². The number of likely N-dealkylation sites (tertiary alicyclic amines) is 2. The van der Waals surface area contributed by atoms with Gasteiger partial charge in [-0.15, -0.1) is 0 Å². The Morgan fingerprint density at radius 1 is 1.18 bits per heavy atom. The van der Waals surface area contributed by atoms with Crippen LogP contribution in [0.15, 0.2) is 18.2 Å². The smallest absolute Gasteiger partial charge is 0.325 e. The summed E-state index contributed by atoms with van der Waals surface area (Å²) >= 11 is 0. The normalized spacial score (nSPS) is 26.9. The number of piperidine rings is 1. The fourth-order valence-electron chi connectivity index (χ4n) is 6.20. The first-order chi connectivity index (χ1) is 16.4. The second kappa shape index (κ2) is 10.5. The molecule has 0 bridgehead atoms. The van der Waals surface area contributed by atoms with E-state index in [1.807, 2.05) is 12.1 Å². The van der Waals surface area contributed by atoms with Crippen LogP contribution in [0.2, 0.25) is 0 Å². The molecule has 188 valence electrons. The van der Waals surface area contributed by atoms with E-state index in [2.05, 4.69) is 29.1 Å². The Balaban J connectivity index is 1.39. The average Bonchev–Trinajstić information content (AvgIpc) is 3.35. The number of phenolic OH excluding ortho intramolecular Hbond substituents is 1. The molecule has 8 nitrogen and oxygen atoms in total. The van der Waals surface area contributed by atoms with Gasteiger partial charge in [0.25, 0.3) is 5.91 Å². The summed E-state index contributed by atoms with van der Waals surface area (Å²) < 4.78 is 5.24. The maximum Gasteiger partial charge on any atom is 0.325 e. The summed E-state index contributed by atoms with van der Waals surface area (Å²) in [7, 11) is 3.68. The molecule has 3 aliphatic heterocycles. The van der Waals surface area contributed by atoms with Crippen molar-refractivity contribution in [1.29, 1.82) is 0 Å². The van der Waals surface area contributed by atoms with E-state index in [1.54, 1.807) is 13.2 Å². The van der Waals surface area contributed by atoms with Gasteiger partial charge in [-0.3, -0.25) is 14.6 Å². The molecule has 3 heterocycles. The highest BCUT2D eigenvalue weighted by atomic mass is 16.5. The van der Waals surface area contributed by atoms with Crippen LogP contribution in [-0.4, -0.2) is 83.7 Å². The van der Waals surface area contributed by atoms with E-state index in [9.17, 15) is 14.7 Å². The number of para-hydroxylation sites is 1. The number of phenols is 1. The summed E-state index contributed by atoms with van der Waals surface area (Å²) in [5.74, 6) is 0.774. The number of nitrogens with zero attached hydrogens (tertiary/aromatic N) is 3. The first-order valence-corrected chi connectivity index (χ1v) is 12.8. The Kier molecular flexibility index (Phi) is 7.67. The number of carbonyl (C=O) groups excluding carboxylic acids is 2. The molecule has 3 fully saturated rings. The highest BCUT2D eigenvalue weighted by molar-refractivity contribution is 6.07. The van der Waals surface area contributed by atoms with E-state index in [0.717, 1.165) is 57.3 Å². The third-order valence-electron chi connectivity index (χ3n) is 8.18. The van der Waals surface area contributed by atoms with Crippen molar-refractivity contribution in [2.24, 2.45) is 5.92 Å². The number of amides is 3. The van der Waals surface area contributed by atoms with Crippen molar-refractivity contribution in [3.8, 4) is 11.5 Å². The van der Waals surface area contributed by atoms with E-state index in [-0.39, 0.29) is 23.6 Å². The van der Waals surface area contributed by atoms with Crippen molar-refractivity contribution < 1.29 is 19.4 Å². The second-order valence-electron chi connectivity index (χ2n) is 10.2. The lowest BCUT2D eigenvalue weighted by Gasteiger charge is -2.41. The standard InChI is InChI=1S/C26H40N4O4/c1-4-13-26(24(32)30(25(33)27-26)17-12-21-8-6-14-28(21)2)20-10-15-29(16-11-20)18-19-7-5-9-22(34-3)23(19)31/h5,7,9,20-21,31H,4,6,8,10-18H2,1-3H3,(H,27,33)/t21-,26-/m1/s1. The van der Waals surface area contributed by atoms with Gasteiger partial charge in [0.15, 0.2) is 11.5 Å². The number of benzene rings is 1. The summed E-state index contributed by atoms with van der Waals surface area (Å²) in [5.41, 5.74) is 0.0619. The van der Waals surface area contributed by atoms with Crippen LogP contribution < -0.4 is 10.1 Å². The first kappa shape index (κ1) is 24.8. The van der Waals surface area contributed by atoms with Crippen LogP contribution in [0, 0.1) is 5.92 Å². The molecule has 0 saturated carbocycles. The SMILES string of the molecule is CCC[C@]1(C2CCN(Cc3cccc(OC)c3O)CC2)NC(=O)N(CC[C@H]2CCCN2C)C1=O.